The molecule has 0 spiro atoms. The molecular weight excluding hydrogens is 606 g/mol. The largest absolute Gasteiger partial charge is 0.454 e. The lowest BCUT2D eigenvalue weighted by Crippen LogP contribution is -2.46. The molecule has 0 aliphatic carbocycles. The maximum atomic E-state index is 13.0. The number of anilines is 1. The molecule has 1 aliphatic heterocycles. The summed E-state index contributed by atoms with van der Waals surface area (Å²) in [5, 5.41) is 3.06. The van der Waals surface area contributed by atoms with Crippen LogP contribution in [0.25, 0.3) is 0 Å². The molecule has 0 bridgehead atoms. The Labute approximate surface area is 244 Å². The van der Waals surface area contributed by atoms with Crippen molar-refractivity contribution in [1.82, 2.24) is 10.2 Å². The van der Waals surface area contributed by atoms with Crippen molar-refractivity contribution in [3.05, 3.63) is 82.3 Å². The number of para-hydroxylation sites is 2. The number of halogens is 5. The van der Waals surface area contributed by atoms with Crippen LogP contribution in [0.1, 0.15) is 23.2 Å². The standard InChI is InChI=1S/C27H24Cl2F3N3O5S/c28-19-7-10-23(21(29)15-19)40-24-4-2-1-3-22(24)34-41(38,39)20-8-5-17(6-9-20)26(37)33-16-25(36)35-13-11-18(12-14-35)27(30,31)32/h1-10,15,18,34H,11-14,16H2,(H,33,37). The summed E-state index contributed by atoms with van der Waals surface area (Å²) in [5.41, 5.74) is 0.228. The summed E-state index contributed by atoms with van der Waals surface area (Å²) in [5.74, 6) is -2.12. The number of likely N-dealkylation sites (tertiary alicyclic amines) is 1. The van der Waals surface area contributed by atoms with Crippen LogP contribution in [0.4, 0.5) is 18.9 Å². The van der Waals surface area contributed by atoms with Gasteiger partial charge in [-0.05, 0) is 67.4 Å². The van der Waals surface area contributed by atoms with Gasteiger partial charge in [0.2, 0.25) is 5.91 Å². The first-order chi connectivity index (χ1) is 19.3. The normalized spacial score (nSPS) is 14.4. The van der Waals surface area contributed by atoms with Crippen LogP contribution in [0.3, 0.4) is 0 Å². The van der Waals surface area contributed by atoms with E-state index in [-0.39, 0.29) is 58.6 Å². The van der Waals surface area contributed by atoms with E-state index in [0.29, 0.717) is 5.02 Å². The van der Waals surface area contributed by atoms with Gasteiger partial charge in [0.05, 0.1) is 28.1 Å². The summed E-state index contributed by atoms with van der Waals surface area (Å²) in [4.78, 5) is 26.0. The van der Waals surface area contributed by atoms with Gasteiger partial charge in [-0.3, -0.25) is 14.3 Å². The number of nitrogens with one attached hydrogen (secondary N) is 2. The SMILES string of the molecule is O=C(NCC(=O)N1CCC(C(F)(F)F)CC1)c1ccc(S(=O)(=O)Nc2ccccc2Oc2ccc(Cl)cc2Cl)cc1. The highest BCUT2D eigenvalue weighted by molar-refractivity contribution is 7.92. The number of amides is 2. The van der Waals surface area contributed by atoms with Gasteiger partial charge in [0.15, 0.2) is 5.75 Å². The smallest absolute Gasteiger partial charge is 0.391 e. The third-order valence-electron chi connectivity index (χ3n) is 6.38. The van der Waals surface area contributed by atoms with E-state index in [4.69, 9.17) is 27.9 Å². The van der Waals surface area contributed by atoms with Crippen molar-refractivity contribution in [2.75, 3.05) is 24.4 Å². The number of piperidine rings is 1. The number of benzene rings is 3. The Morgan fingerprint density at radius 3 is 2.24 bits per heavy atom. The Hall–Kier alpha value is -3.48. The van der Waals surface area contributed by atoms with E-state index in [9.17, 15) is 31.2 Å². The zero-order valence-electron chi connectivity index (χ0n) is 21.3. The van der Waals surface area contributed by atoms with Gasteiger partial charge in [-0.2, -0.15) is 13.2 Å². The van der Waals surface area contributed by atoms with E-state index < -0.39 is 40.5 Å². The molecule has 8 nitrogen and oxygen atoms in total. The number of nitrogens with zero attached hydrogens (tertiary/aromatic N) is 1. The second kappa shape index (κ2) is 12.6. The first-order valence-electron chi connectivity index (χ1n) is 12.3. The van der Waals surface area contributed by atoms with Crippen LogP contribution < -0.4 is 14.8 Å². The van der Waals surface area contributed by atoms with Gasteiger partial charge in [0.25, 0.3) is 15.9 Å². The molecule has 1 fully saturated rings. The highest BCUT2D eigenvalue weighted by Crippen LogP contribution is 2.36. The molecule has 218 valence electrons. The predicted octanol–water partition coefficient (Wildman–Crippen LogP) is 6.12. The monoisotopic (exact) mass is 629 g/mol. The van der Waals surface area contributed by atoms with Crippen LogP contribution in [0.2, 0.25) is 10.0 Å². The minimum Gasteiger partial charge on any atom is -0.454 e. The lowest BCUT2D eigenvalue weighted by Gasteiger charge is -2.33. The number of sulfonamides is 1. The zero-order valence-corrected chi connectivity index (χ0v) is 23.6. The van der Waals surface area contributed by atoms with Crippen molar-refractivity contribution in [3.63, 3.8) is 0 Å². The van der Waals surface area contributed by atoms with E-state index in [2.05, 4.69) is 10.0 Å². The fraction of sp³-hybridized carbons (Fsp3) is 0.259. The van der Waals surface area contributed by atoms with Crippen molar-refractivity contribution < 1.29 is 35.9 Å². The average Bonchev–Trinajstić information content (AvgIpc) is 2.93. The maximum absolute atomic E-state index is 13.0. The summed E-state index contributed by atoms with van der Waals surface area (Å²) in [6, 6.07) is 15.9. The third-order valence-corrected chi connectivity index (χ3v) is 8.29. The van der Waals surface area contributed by atoms with Crippen molar-refractivity contribution in [3.8, 4) is 11.5 Å². The molecule has 0 aromatic heterocycles. The van der Waals surface area contributed by atoms with Crippen LogP contribution in [-0.4, -0.2) is 50.9 Å². The average molecular weight is 630 g/mol. The van der Waals surface area contributed by atoms with Crippen molar-refractivity contribution in [2.24, 2.45) is 5.92 Å². The Morgan fingerprint density at radius 2 is 1.61 bits per heavy atom. The molecule has 2 amide bonds. The predicted molar refractivity (Wildman–Crippen MR) is 148 cm³/mol. The number of ether oxygens (including phenoxy) is 1. The van der Waals surface area contributed by atoms with Gasteiger partial charge in [0.1, 0.15) is 5.75 Å². The van der Waals surface area contributed by atoms with Crippen LogP contribution in [-0.2, 0) is 14.8 Å². The second-order valence-electron chi connectivity index (χ2n) is 9.18. The summed E-state index contributed by atoms with van der Waals surface area (Å²) >= 11 is 12.1. The Balaban J connectivity index is 1.36. The summed E-state index contributed by atoms with van der Waals surface area (Å²) < 4.78 is 72.8. The van der Waals surface area contributed by atoms with Gasteiger partial charge in [0, 0.05) is 23.7 Å². The minimum absolute atomic E-state index is 0.0423. The van der Waals surface area contributed by atoms with Crippen LogP contribution >= 0.6 is 23.2 Å². The molecular formula is C27H24Cl2F3N3O5S. The van der Waals surface area contributed by atoms with Crippen LogP contribution in [0.5, 0.6) is 11.5 Å². The van der Waals surface area contributed by atoms with Gasteiger partial charge in [-0.15, -0.1) is 0 Å². The first kappa shape index (κ1) is 30.5. The third kappa shape index (κ3) is 7.84. The Kier molecular flexibility index (Phi) is 9.35. The van der Waals surface area contributed by atoms with E-state index in [0.717, 1.165) is 0 Å². The molecule has 1 saturated heterocycles. The van der Waals surface area contributed by atoms with Crippen molar-refractivity contribution in [1.29, 1.82) is 0 Å². The van der Waals surface area contributed by atoms with E-state index >= 15 is 0 Å². The molecule has 3 aromatic rings. The molecule has 0 saturated carbocycles. The molecule has 3 aromatic carbocycles. The highest BCUT2D eigenvalue weighted by atomic mass is 35.5. The summed E-state index contributed by atoms with van der Waals surface area (Å²) in [7, 11) is -4.10. The molecule has 14 heteroatoms. The molecule has 0 unspecified atom stereocenters. The zero-order chi connectivity index (χ0) is 29.8. The molecule has 2 N–H and O–H groups in total. The molecule has 0 atom stereocenters. The number of alkyl halides is 3. The van der Waals surface area contributed by atoms with Crippen molar-refractivity contribution in [2.45, 2.75) is 23.9 Å². The van der Waals surface area contributed by atoms with Gasteiger partial charge < -0.3 is 15.0 Å². The van der Waals surface area contributed by atoms with Crippen LogP contribution in [0.15, 0.2) is 71.6 Å². The highest BCUT2D eigenvalue weighted by Gasteiger charge is 2.41. The number of hydrogen-bond donors (Lipinski definition) is 2. The first-order valence-corrected chi connectivity index (χ1v) is 14.5. The fourth-order valence-corrected chi connectivity index (χ4v) is 5.65. The van der Waals surface area contributed by atoms with E-state index in [1.807, 2.05) is 0 Å². The summed E-state index contributed by atoms with van der Waals surface area (Å²) in [6.45, 7) is -0.482. The maximum Gasteiger partial charge on any atom is 0.391 e. The summed E-state index contributed by atoms with van der Waals surface area (Å²) in [6.07, 6.45) is -4.65. The van der Waals surface area contributed by atoms with Crippen LogP contribution in [0, 0.1) is 5.92 Å². The van der Waals surface area contributed by atoms with E-state index in [1.54, 1.807) is 30.3 Å². The molecule has 1 aliphatic rings. The Morgan fingerprint density at radius 1 is 0.951 bits per heavy atom. The van der Waals surface area contributed by atoms with Gasteiger partial charge in [-0.25, -0.2) is 8.42 Å². The van der Waals surface area contributed by atoms with Gasteiger partial charge >= 0.3 is 6.18 Å². The topological polar surface area (TPSA) is 105 Å². The number of hydrogen-bond acceptors (Lipinski definition) is 5. The Bertz CT molecular complexity index is 1530. The number of carbonyl (C=O) groups is 2. The molecule has 1 heterocycles. The quantitative estimate of drug-likeness (QED) is 0.312. The number of rotatable bonds is 8. The molecule has 4 rings (SSSR count). The second-order valence-corrected chi connectivity index (χ2v) is 11.7. The number of carbonyl (C=O) groups excluding carboxylic acids is 2. The lowest BCUT2D eigenvalue weighted by molar-refractivity contribution is -0.186. The van der Waals surface area contributed by atoms with Crippen molar-refractivity contribution >= 4 is 50.7 Å². The lowest BCUT2D eigenvalue weighted by atomic mass is 9.96. The van der Waals surface area contributed by atoms with E-state index in [1.165, 1.54) is 41.3 Å². The minimum atomic E-state index is -4.29. The molecule has 0 radical (unpaired) electrons. The fourth-order valence-electron chi connectivity index (χ4n) is 4.13. The molecule has 41 heavy (non-hydrogen) atoms. The van der Waals surface area contributed by atoms with Gasteiger partial charge in [-0.1, -0.05) is 35.3 Å².